The average molecular weight is 348 g/mol. The van der Waals surface area contributed by atoms with Crippen LogP contribution in [-0.4, -0.2) is 18.8 Å². The van der Waals surface area contributed by atoms with Crippen LogP contribution in [-0.2, 0) is 16.6 Å². The van der Waals surface area contributed by atoms with E-state index in [1.807, 2.05) is 30.3 Å². The lowest BCUT2D eigenvalue weighted by Gasteiger charge is -2.19. The van der Waals surface area contributed by atoms with E-state index in [0.717, 1.165) is 24.0 Å². The molecule has 0 unspecified atom stereocenters. The number of hydrogen-bond donors (Lipinski definition) is 0. The monoisotopic (exact) mass is 347 g/mol. The van der Waals surface area contributed by atoms with E-state index in [0.29, 0.717) is 11.6 Å². The molecule has 1 aliphatic carbocycles. The van der Waals surface area contributed by atoms with E-state index < -0.39 is 10.0 Å². The van der Waals surface area contributed by atoms with Gasteiger partial charge in [-0.15, -0.1) is 0 Å². The van der Waals surface area contributed by atoms with Gasteiger partial charge >= 0.3 is 0 Å². The molecule has 2 aromatic rings. The molecule has 3 rings (SSSR count). The molecule has 0 heterocycles. The van der Waals surface area contributed by atoms with Crippen LogP contribution >= 0.6 is 11.6 Å². The van der Waals surface area contributed by atoms with Gasteiger partial charge in [0.1, 0.15) is 0 Å². The summed E-state index contributed by atoms with van der Waals surface area (Å²) < 4.78 is 26.9. The van der Waals surface area contributed by atoms with Crippen molar-refractivity contribution >= 4 is 27.7 Å². The third kappa shape index (κ3) is 4.44. The van der Waals surface area contributed by atoms with Crippen LogP contribution < -0.4 is 0 Å². The standard InChI is InChI=1S/C18H18ClNO2S/c19-17-8-6-15(7-9-17)12-13-23(21,22)20(18-10-11-18)14-16-4-2-1-3-5-16/h1-9,12-13,18H,10-11,14H2/b13-12+. The Bertz CT molecular complexity index is 782. The number of rotatable bonds is 6. The van der Waals surface area contributed by atoms with Crippen molar-refractivity contribution in [2.24, 2.45) is 0 Å². The second-order valence-corrected chi connectivity index (χ2v) is 7.87. The van der Waals surface area contributed by atoms with Crippen molar-refractivity contribution in [3.05, 3.63) is 76.2 Å². The lowest BCUT2D eigenvalue weighted by molar-refractivity contribution is 0.405. The summed E-state index contributed by atoms with van der Waals surface area (Å²) in [4.78, 5) is 0. The van der Waals surface area contributed by atoms with E-state index in [1.165, 1.54) is 5.41 Å². The van der Waals surface area contributed by atoms with Gasteiger partial charge in [-0.1, -0.05) is 54.1 Å². The minimum Gasteiger partial charge on any atom is -0.207 e. The molecule has 2 aromatic carbocycles. The topological polar surface area (TPSA) is 37.4 Å². The second-order valence-electron chi connectivity index (χ2n) is 5.66. The van der Waals surface area contributed by atoms with Gasteiger partial charge in [0.25, 0.3) is 0 Å². The Morgan fingerprint density at radius 3 is 2.30 bits per heavy atom. The molecule has 0 N–H and O–H groups in total. The fourth-order valence-electron chi connectivity index (χ4n) is 2.37. The fourth-order valence-corrected chi connectivity index (χ4v) is 3.94. The number of benzene rings is 2. The molecule has 1 fully saturated rings. The van der Waals surface area contributed by atoms with E-state index in [4.69, 9.17) is 11.6 Å². The molecular weight excluding hydrogens is 330 g/mol. The summed E-state index contributed by atoms with van der Waals surface area (Å²) in [6.07, 6.45) is 3.48. The van der Waals surface area contributed by atoms with Gasteiger partial charge in [-0.05, 0) is 42.2 Å². The normalized spacial score (nSPS) is 15.4. The van der Waals surface area contributed by atoms with Gasteiger partial charge in [-0.3, -0.25) is 0 Å². The van der Waals surface area contributed by atoms with E-state index in [-0.39, 0.29) is 6.04 Å². The van der Waals surface area contributed by atoms with Crippen LogP contribution in [0.4, 0.5) is 0 Å². The zero-order valence-corrected chi connectivity index (χ0v) is 14.2. The predicted octanol–water partition coefficient (Wildman–Crippen LogP) is 4.31. The summed E-state index contributed by atoms with van der Waals surface area (Å²) in [5.41, 5.74) is 1.82. The SMILES string of the molecule is O=S(=O)(/C=C/c1ccc(Cl)cc1)N(Cc1ccccc1)C1CC1. The van der Waals surface area contributed by atoms with Crippen LogP contribution in [0.5, 0.6) is 0 Å². The minimum atomic E-state index is -3.45. The Kier molecular flexibility index (Phi) is 4.85. The van der Waals surface area contributed by atoms with Gasteiger partial charge in [0, 0.05) is 23.0 Å². The van der Waals surface area contributed by atoms with Crippen LogP contribution in [0, 0.1) is 0 Å². The van der Waals surface area contributed by atoms with E-state index in [9.17, 15) is 8.42 Å². The summed E-state index contributed by atoms with van der Waals surface area (Å²) in [6, 6.07) is 16.9. The second kappa shape index (κ2) is 6.87. The van der Waals surface area contributed by atoms with Crippen LogP contribution in [0.15, 0.2) is 60.0 Å². The number of sulfonamides is 1. The highest BCUT2D eigenvalue weighted by atomic mass is 35.5. The zero-order chi connectivity index (χ0) is 16.3. The highest BCUT2D eigenvalue weighted by Gasteiger charge is 2.35. The summed E-state index contributed by atoms with van der Waals surface area (Å²) in [5, 5.41) is 1.92. The van der Waals surface area contributed by atoms with Gasteiger partial charge in [0.15, 0.2) is 0 Å². The van der Waals surface area contributed by atoms with Crippen molar-refractivity contribution in [2.75, 3.05) is 0 Å². The Morgan fingerprint density at radius 2 is 1.70 bits per heavy atom. The first kappa shape index (κ1) is 16.2. The number of hydrogen-bond acceptors (Lipinski definition) is 2. The fraction of sp³-hybridized carbons (Fsp3) is 0.222. The van der Waals surface area contributed by atoms with Crippen molar-refractivity contribution in [3.8, 4) is 0 Å². The molecule has 3 nitrogen and oxygen atoms in total. The molecule has 23 heavy (non-hydrogen) atoms. The molecule has 1 saturated carbocycles. The molecule has 120 valence electrons. The average Bonchev–Trinajstić information content (AvgIpc) is 3.38. The third-order valence-electron chi connectivity index (χ3n) is 3.76. The molecule has 5 heteroatoms. The highest BCUT2D eigenvalue weighted by molar-refractivity contribution is 7.92. The van der Waals surface area contributed by atoms with Gasteiger partial charge in [0.2, 0.25) is 10.0 Å². The Balaban J connectivity index is 1.79. The van der Waals surface area contributed by atoms with Crippen molar-refractivity contribution in [3.63, 3.8) is 0 Å². The van der Waals surface area contributed by atoms with Crippen LogP contribution in [0.25, 0.3) is 6.08 Å². The molecule has 0 radical (unpaired) electrons. The maximum absolute atomic E-state index is 12.7. The third-order valence-corrected chi connectivity index (χ3v) is 5.58. The minimum absolute atomic E-state index is 0.120. The summed E-state index contributed by atoms with van der Waals surface area (Å²) in [6.45, 7) is 0.415. The molecule has 1 aliphatic rings. The molecular formula is C18H18ClNO2S. The summed E-state index contributed by atoms with van der Waals surface area (Å²) in [5.74, 6) is 0. The molecule has 0 amide bonds. The van der Waals surface area contributed by atoms with Crippen molar-refractivity contribution in [2.45, 2.75) is 25.4 Å². The largest absolute Gasteiger partial charge is 0.236 e. The zero-order valence-electron chi connectivity index (χ0n) is 12.6. The first-order valence-corrected chi connectivity index (χ1v) is 9.42. The van der Waals surface area contributed by atoms with Crippen molar-refractivity contribution < 1.29 is 8.42 Å². The Labute approximate surface area is 142 Å². The van der Waals surface area contributed by atoms with Gasteiger partial charge in [-0.25, -0.2) is 8.42 Å². The summed E-state index contributed by atoms with van der Waals surface area (Å²) in [7, 11) is -3.45. The predicted molar refractivity (Wildman–Crippen MR) is 94.4 cm³/mol. The Morgan fingerprint density at radius 1 is 1.04 bits per heavy atom. The maximum atomic E-state index is 12.7. The van der Waals surface area contributed by atoms with Crippen molar-refractivity contribution in [1.82, 2.24) is 4.31 Å². The first-order chi connectivity index (χ1) is 11.0. The number of nitrogens with zero attached hydrogens (tertiary/aromatic N) is 1. The van der Waals surface area contributed by atoms with Gasteiger partial charge in [0.05, 0.1) is 0 Å². The van der Waals surface area contributed by atoms with Gasteiger partial charge < -0.3 is 0 Å². The smallest absolute Gasteiger partial charge is 0.207 e. The molecule has 0 aromatic heterocycles. The molecule has 0 saturated heterocycles. The van der Waals surface area contributed by atoms with E-state index in [1.54, 1.807) is 34.6 Å². The maximum Gasteiger partial charge on any atom is 0.236 e. The van der Waals surface area contributed by atoms with Crippen LogP contribution in [0.2, 0.25) is 5.02 Å². The van der Waals surface area contributed by atoms with Crippen molar-refractivity contribution in [1.29, 1.82) is 0 Å². The summed E-state index contributed by atoms with van der Waals surface area (Å²) >= 11 is 5.84. The lowest BCUT2D eigenvalue weighted by Crippen LogP contribution is -2.31. The Hall–Kier alpha value is -1.62. The lowest BCUT2D eigenvalue weighted by atomic mass is 10.2. The molecule has 0 atom stereocenters. The molecule has 0 spiro atoms. The molecule has 0 bridgehead atoms. The van der Waals surface area contributed by atoms with Gasteiger partial charge in [-0.2, -0.15) is 4.31 Å². The highest BCUT2D eigenvalue weighted by Crippen LogP contribution is 2.31. The van der Waals surface area contributed by atoms with Crippen LogP contribution in [0.1, 0.15) is 24.0 Å². The molecule has 0 aliphatic heterocycles. The first-order valence-electron chi connectivity index (χ1n) is 7.54. The van der Waals surface area contributed by atoms with Crippen LogP contribution in [0.3, 0.4) is 0 Å². The van der Waals surface area contributed by atoms with E-state index >= 15 is 0 Å². The number of halogens is 1. The van der Waals surface area contributed by atoms with E-state index in [2.05, 4.69) is 0 Å². The quantitative estimate of drug-likeness (QED) is 0.781.